The lowest BCUT2D eigenvalue weighted by Gasteiger charge is -2.12. The minimum Gasteiger partial charge on any atom is -0.432 e. The molecule has 1 rings (SSSR count). The third kappa shape index (κ3) is 2.47. The van der Waals surface area contributed by atoms with E-state index in [0.29, 0.717) is 6.54 Å². The van der Waals surface area contributed by atoms with E-state index in [0.717, 1.165) is 5.69 Å². The summed E-state index contributed by atoms with van der Waals surface area (Å²) in [6.07, 6.45) is 1.49. The molecule has 13 heavy (non-hydrogen) atoms. The smallest absolute Gasteiger partial charge is 0.325 e. The fourth-order valence-electron chi connectivity index (χ4n) is 0.742. The molecule has 0 aliphatic carbocycles. The van der Waals surface area contributed by atoms with Crippen molar-refractivity contribution in [1.82, 2.24) is 9.88 Å². The average Bonchev–Trinajstić information content (AvgIpc) is 2.49. The number of hydrogen-bond acceptors (Lipinski definition) is 3. The molecule has 0 unspecified atom stereocenters. The number of urea groups is 1. The van der Waals surface area contributed by atoms with Gasteiger partial charge >= 0.3 is 12.0 Å². The predicted molar refractivity (Wildman–Crippen MR) is 48.6 cm³/mol. The van der Waals surface area contributed by atoms with E-state index in [4.69, 9.17) is 4.42 Å². The summed E-state index contributed by atoms with van der Waals surface area (Å²) in [7, 11) is 1.70. The van der Waals surface area contributed by atoms with Crippen molar-refractivity contribution < 1.29 is 9.21 Å². The summed E-state index contributed by atoms with van der Waals surface area (Å²) >= 11 is 0. The fraction of sp³-hybridized carbons (Fsp3) is 0.500. The van der Waals surface area contributed by atoms with Crippen LogP contribution in [0.1, 0.15) is 12.6 Å². The molecule has 1 aromatic rings. The zero-order valence-electron chi connectivity index (χ0n) is 8.00. The largest absolute Gasteiger partial charge is 0.432 e. The van der Waals surface area contributed by atoms with Gasteiger partial charge < -0.3 is 9.32 Å². The Hall–Kier alpha value is -1.52. The van der Waals surface area contributed by atoms with Crippen LogP contribution < -0.4 is 5.32 Å². The van der Waals surface area contributed by atoms with Crippen LogP contribution in [0.15, 0.2) is 10.7 Å². The Labute approximate surface area is 76.7 Å². The van der Waals surface area contributed by atoms with Gasteiger partial charge in [0.15, 0.2) is 0 Å². The van der Waals surface area contributed by atoms with Crippen molar-refractivity contribution in [2.45, 2.75) is 13.8 Å². The first-order chi connectivity index (χ1) is 6.13. The topological polar surface area (TPSA) is 58.4 Å². The maximum absolute atomic E-state index is 11.3. The molecule has 0 bridgehead atoms. The molecule has 2 amide bonds. The van der Waals surface area contributed by atoms with Crippen LogP contribution in [0.3, 0.4) is 0 Å². The van der Waals surface area contributed by atoms with E-state index >= 15 is 0 Å². The SMILES string of the molecule is CCN(C)C(=O)Nc1nc(C)co1. The molecular formula is C8H13N3O2. The first kappa shape index (κ1) is 9.57. The number of hydrogen-bond donors (Lipinski definition) is 1. The van der Waals surface area contributed by atoms with Crippen molar-refractivity contribution in [2.75, 3.05) is 18.9 Å². The van der Waals surface area contributed by atoms with Gasteiger partial charge in [0.2, 0.25) is 0 Å². The molecule has 0 atom stereocenters. The molecule has 0 saturated carbocycles. The van der Waals surface area contributed by atoms with Crippen molar-refractivity contribution in [3.8, 4) is 0 Å². The second-order valence-electron chi connectivity index (χ2n) is 2.74. The molecule has 5 heteroatoms. The lowest BCUT2D eigenvalue weighted by atomic mass is 10.6. The summed E-state index contributed by atoms with van der Waals surface area (Å²) in [5.41, 5.74) is 0.745. The predicted octanol–water partition coefficient (Wildman–Crippen LogP) is 1.47. The molecule has 1 heterocycles. The van der Waals surface area contributed by atoms with Crippen molar-refractivity contribution >= 4 is 12.0 Å². The van der Waals surface area contributed by atoms with Crippen molar-refractivity contribution in [2.24, 2.45) is 0 Å². The number of anilines is 1. The Kier molecular flexibility index (Phi) is 2.89. The quantitative estimate of drug-likeness (QED) is 0.755. The van der Waals surface area contributed by atoms with Crippen molar-refractivity contribution in [1.29, 1.82) is 0 Å². The normalized spacial score (nSPS) is 9.77. The standard InChI is InChI=1S/C8H13N3O2/c1-4-11(3)8(12)10-7-9-6(2)5-13-7/h5H,4H2,1-3H3,(H,9,10,12). The van der Waals surface area contributed by atoms with Crippen LogP contribution in [0, 0.1) is 6.92 Å². The number of nitrogens with zero attached hydrogens (tertiary/aromatic N) is 2. The third-order valence-electron chi connectivity index (χ3n) is 1.65. The highest BCUT2D eigenvalue weighted by molar-refractivity contribution is 5.86. The number of rotatable bonds is 2. The van der Waals surface area contributed by atoms with E-state index in [1.165, 1.54) is 11.2 Å². The molecule has 0 fully saturated rings. The molecule has 0 saturated heterocycles. The Balaban J connectivity index is 2.54. The Morgan fingerprint density at radius 1 is 1.77 bits per heavy atom. The molecule has 0 radical (unpaired) electrons. The molecule has 5 nitrogen and oxygen atoms in total. The van der Waals surface area contributed by atoms with Crippen LogP contribution in [0.25, 0.3) is 0 Å². The average molecular weight is 183 g/mol. The van der Waals surface area contributed by atoms with Crippen LogP contribution in [0.5, 0.6) is 0 Å². The number of aromatic nitrogens is 1. The Morgan fingerprint density at radius 3 is 2.92 bits per heavy atom. The Morgan fingerprint density at radius 2 is 2.46 bits per heavy atom. The van der Waals surface area contributed by atoms with Gasteiger partial charge in [-0.3, -0.25) is 5.32 Å². The van der Waals surface area contributed by atoms with E-state index < -0.39 is 0 Å². The monoisotopic (exact) mass is 183 g/mol. The number of oxazole rings is 1. The second-order valence-corrected chi connectivity index (χ2v) is 2.74. The van der Waals surface area contributed by atoms with Gasteiger partial charge in [0.05, 0.1) is 5.69 Å². The highest BCUT2D eigenvalue weighted by atomic mass is 16.4. The highest BCUT2D eigenvalue weighted by Gasteiger charge is 2.09. The Bertz CT molecular complexity index is 295. The highest BCUT2D eigenvalue weighted by Crippen LogP contribution is 2.06. The molecule has 72 valence electrons. The molecule has 0 spiro atoms. The first-order valence-electron chi connectivity index (χ1n) is 4.07. The third-order valence-corrected chi connectivity index (χ3v) is 1.65. The van der Waals surface area contributed by atoms with Gasteiger partial charge in [-0.1, -0.05) is 0 Å². The molecule has 1 N–H and O–H groups in total. The molecule has 0 aliphatic heterocycles. The number of nitrogens with one attached hydrogen (secondary N) is 1. The molecule has 0 aliphatic rings. The van der Waals surface area contributed by atoms with E-state index in [-0.39, 0.29) is 12.0 Å². The van der Waals surface area contributed by atoms with Crippen LogP contribution >= 0.6 is 0 Å². The minimum atomic E-state index is -0.218. The zero-order chi connectivity index (χ0) is 9.84. The number of carbonyl (C=O) groups is 1. The summed E-state index contributed by atoms with van der Waals surface area (Å²) in [6.45, 7) is 4.33. The fourth-order valence-corrected chi connectivity index (χ4v) is 0.742. The van der Waals surface area contributed by atoms with E-state index in [1.807, 2.05) is 6.92 Å². The summed E-state index contributed by atoms with van der Waals surface area (Å²) in [5, 5.41) is 2.52. The van der Waals surface area contributed by atoms with E-state index in [2.05, 4.69) is 10.3 Å². The number of aryl methyl sites for hydroxylation is 1. The molecular weight excluding hydrogens is 170 g/mol. The summed E-state index contributed by atoms with van der Waals surface area (Å²) in [5.74, 6) is 0. The van der Waals surface area contributed by atoms with Crippen LogP contribution in [0.2, 0.25) is 0 Å². The van der Waals surface area contributed by atoms with Crippen molar-refractivity contribution in [3.05, 3.63) is 12.0 Å². The molecule has 0 aromatic carbocycles. The lowest BCUT2D eigenvalue weighted by molar-refractivity contribution is 0.224. The maximum atomic E-state index is 11.3. The van der Waals surface area contributed by atoms with E-state index in [1.54, 1.807) is 14.0 Å². The van der Waals surface area contributed by atoms with Gasteiger partial charge in [0.25, 0.3) is 0 Å². The lowest BCUT2D eigenvalue weighted by Crippen LogP contribution is -2.31. The molecule has 1 aromatic heterocycles. The van der Waals surface area contributed by atoms with Gasteiger partial charge in [-0.2, -0.15) is 4.98 Å². The van der Waals surface area contributed by atoms with Crippen LogP contribution in [-0.4, -0.2) is 29.5 Å². The van der Waals surface area contributed by atoms with E-state index in [9.17, 15) is 4.79 Å². The van der Waals surface area contributed by atoms with Gasteiger partial charge in [0.1, 0.15) is 6.26 Å². The van der Waals surface area contributed by atoms with Crippen LogP contribution in [-0.2, 0) is 0 Å². The number of carbonyl (C=O) groups excluding carboxylic acids is 1. The first-order valence-corrected chi connectivity index (χ1v) is 4.07. The van der Waals surface area contributed by atoms with Crippen LogP contribution in [0.4, 0.5) is 10.8 Å². The summed E-state index contributed by atoms with van der Waals surface area (Å²) in [4.78, 5) is 16.7. The minimum absolute atomic E-state index is 0.218. The van der Waals surface area contributed by atoms with Crippen molar-refractivity contribution in [3.63, 3.8) is 0 Å². The maximum Gasteiger partial charge on any atom is 0.325 e. The summed E-state index contributed by atoms with van der Waals surface area (Å²) in [6, 6.07) is 0.0205. The summed E-state index contributed by atoms with van der Waals surface area (Å²) < 4.78 is 4.96. The van der Waals surface area contributed by atoms with Gasteiger partial charge in [-0.25, -0.2) is 4.79 Å². The van der Waals surface area contributed by atoms with Gasteiger partial charge in [-0.15, -0.1) is 0 Å². The second kappa shape index (κ2) is 3.93. The zero-order valence-corrected chi connectivity index (χ0v) is 8.00. The van der Waals surface area contributed by atoms with Gasteiger partial charge in [0, 0.05) is 13.6 Å². The number of amides is 2. The van der Waals surface area contributed by atoms with Gasteiger partial charge in [-0.05, 0) is 13.8 Å².